The summed E-state index contributed by atoms with van der Waals surface area (Å²) in [7, 11) is 1.30. The molecule has 0 bridgehead atoms. The van der Waals surface area contributed by atoms with E-state index in [1.54, 1.807) is 6.07 Å². The lowest BCUT2D eigenvalue weighted by molar-refractivity contribution is -0.253. The Kier molecular flexibility index (Phi) is 11.3. The molecular weight excluding hydrogens is 674 g/mol. The first-order valence-corrected chi connectivity index (χ1v) is 18.1. The number of hydrogen-bond acceptors (Lipinski definition) is 8. The van der Waals surface area contributed by atoms with E-state index in [1.807, 2.05) is 102 Å². The summed E-state index contributed by atoms with van der Waals surface area (Å²) in [5.74, 6) is -0.540. The molecule has 1 aromatic heterocycles. The van der Waals surface area contributed by atoms with Crippen molar-refractivity contribution >= 4 is 28.7 Å². The summed E-state index contributed by atoms with van der Waals surface area (Å²) < 4.78 is 20.1. The Balaban J connectivity index is 1.04. The standard InChI is InChI=1S/C41H45N5O7/c1-51-38(48)35(22-27-8-3-2-4-9-27)43-40(49)42-31-11-7-10-30(23-31)39-52-33(24-37(53-39)29-16-14-28(26-47)15-17-29)25-45-20-18-32(19-21-45)46-36-13-6-5-12-34(36)44-41(46)50/h2-17,23,32-33,35,37,39,47H,18-22,24-26H2,1H3,(H,44,50)(H2,42,43,49). The van der Waals surface area contributed by atoms with Gasteiger partial charge in [0.1, 0.15) is 6.04 Å². The number of likely N-dealkylation sites (tertiary alicyclic amines) is 1. The molecule has 0 spiro atoms. The highest BCUT2D eigenvalue weighted by molar-refractivity contribution is 5.92. The number of rotatable bonds is 11. The highest BCUT2D eigenvalue weighted by Crippen LogP contribution is 2.39. The number of nitrogens with zero attached hydrogens (tertiary/aromatic N) is 2. The number of fused-ring (bicyclic) bond motifs is 1. The quantitative estimate of drug-likeness (QED) is 0.129. The van der Waals surface area contributed by atoms with Gasteiger partial charge in [0.15, 0.2) is 6.29 Å². The fourth-order valence-corrected chi connectivity index (χ4v) is 7.39. The molecule has 7 rings (SSSR count). The van der Waals surface area contributed by atoms with Crippen LogP contribution in [-0.4, -0.2) is 70.4 Å². The van der Waals surface area contributed by atoms with Crippen LogP contribution in [0.25, 0.3) is 11.0 Å². The van der Waals surface area contributed by atoms with Crippen molar-refractivity contribution in [2.75, 3.05) is 32.1 Å². The van der Waals surface area contributed by atoms with Gasteiger partial charge in [-0.15, -0.1) is 0 Å². The lowest BCUT2D eigenvalue weighted by atomic mass is 9.98. The largest absolute Gasteiger partial charge is 0.467 e. The van der Waals surface area contributed by atoms with E-state index in [1.165, 1.54) is 7.11 Å². The van der Waals surface area contributed by atoms with Gasteiger partial charge in [-0.05, 0) is 53.8 Å². The van der Waals surface area contributed by atoms with Gasteiger partial charge in [-0.3, -0.25) is 4.57 Å². The molecule has 2 aliphatic rings. The summed E-state index contributed by atoms with van der Waals surface area (Å²) in [5, 5.41) is 15.2. The first-order valence-electron chi connectivity index (χ1n) is 18.1. The monoisotopic (exact) mass is 719 g/mol. The molecule has 3 heterocycles. The lowest BCUT2D eigenvalue weighted by Crippen LogP contribution is -2.45. The number of imidazole rings is 1. The second-order valence-electron chi connectivity index (χ2n) is 13.7. The molecular formula is C41H45N5O7. The molecule has 5 aromatic rings. The van der Waals surface area contributed by atoms with Gasteiger partial charge in [-0.1, -0.05) is 78.9 Å². The highest BCUT2D eigenvalue weighted by atomic mass is 16.7. The number of methoxy groups -OCH3 is 1. The average Bonchev–Trinajstić information content (AvgIpc) is 3.53. The summed E-state index contributed by atoms with van der Waals surface area (Å²) in [6, 6.07) is 31.0. The van der Waals surface area contributed by atoms with E-state index in [2.05, 4.69) is 20.5 Å². The molecule has 2 fully saturated rings. The summed E-state index contributed by atoms with van der Waals surface area (Å²) in [5.41, 5.74) is 5.66. The highest BCUT2D eigenvalue weighted by Gasteiger charge is 2.34. The first-order chi connectivity index (χ1) is 25.9. The average molecular weight is 720 g/mol. The molecule has 0 radical (unpaired) electrons. The Labute approximate surface area is 307 Å². The fraction of sp³-hybridized carbons (Fsp3) is 0.341. The van der Waals surface area contributed by atoms with Gasteiger partial charge in [0, 0.05) is 49.8 Å². The van der Waals surface area contributed by atoms with E-state index in [9.17, 15) is 19.5 Å². The third-order valence-corrected chi connectivity index (χ3v) is 10.1. The maximum Gasteiger partial charge on any atom is 0.328 e. The van der Waals surface area contributed by atoms with Crippen molar-refractivity contribution in [1.29, 1.82) is 0 Å². The molecule has 4 unspecified atom stereocenters. The van der Waals surface area contributed by atoms with Crippen molar-refractivity contribution in [2.45, 2.75) is 62.9 Å². The van der Waals surface area contributed by atoms with E-state index in [0.717, 1.165) is 59.2 Å². The number of esters is 1. The van der Waals surface area contributed by atoms with Crippen molar-refractivity contribution in [3.05, 3.63) is 136 Å². The van der Waals surface area contributed by atoms with E-state index >= 15 is 0 Å². The fourth-order valence-electron chi connectivity index (χ4n) is 7.39. The smallest absolute Gasteiger partial charge is 0.328 e. The number of benzene rings is 4. The molecule has 12 nitrogen and oxygen atoms in total. The molecule has 4 atom stereocenters. The van der Waals surface area contributed by atoms with E-state index in [0.29, 0.717) is 18.7 Å². The predicted octanol–water partition coefficient (Wildman–Crippen LogP) is 5.61. The van der Waals surface area contributed by atoms with Crippen LogP contribution >= 0.6 is 0 Å². The SMILES string of the molecule is COC(=O)C(Cc1ccccc1)NC(=O)Nc1cccc(C2OC(CN3CCC(n4c(=O)[nH]c5ccccc54)CC3)CC(c3ccc(CO)cc3)O2)c1. The minimum absolute atomic E-state index is 0.0409. The van der Waals surface area contributed by atoms with Crippen LogP contribution in [0.5, 0.6) is 0 Å². The molecule has 12 heteroatoms. The number of carbonyl (C=O) groups is 2. The number of aliphatic hydroxyl groups excluding tert-OH is 1. The van der Waals surface area contributed by atoms with Gasteiger partial charge in [0.25, 0.3) is 0 Å². The number of ether oxygens (including phenoxy) is 3. The maximum atomic E-state index is 13.1. The zero-order chi connectivity index (χ0) is 36.7. The molecule has 4 N–H and O–H groups in total. The van der Waals surface area contributed by atoms with Crippen LogP contribution in [0.4, 0.5) is 10.5 Å². The first kappa shape index (κ1) is 36.1. The van der Waals surface area contributed by atoms with Crippen LogP contribution in [0, 0.1) is 0 Å². The third-order valence-electron chi connectivity index (χ3n) is 10.1. The van der Waals surface area contributed by atoms with E-state index in [-0.39, 0.29) is 37.0 Å². The zero-order valence-electron chi connectivity index (χ0n) is 29.6. The van der Waals surface area contributed by atoms with Crippen LogP contribution in [0.2, 0.25) is 0 Å². The minimum atomic E-state index is -0.872. The number of nitrogens with one attached hydrogen (secondary N) is 3. The Morgan fingerprint density at radius 2 is 1.66 bits per heavy atom. The van der Waals surface area contributed by atoms with Crippen molar-refractivity contribution in [3.63, 3.8) is 0 Å². The maximum absolute atomic E-state index is 13.1. The van der Waals surface area contributed by atoms with Gasteiger partial charge in [-0.25, -0.2) is 14.4 Å². The van der Waals surface area contributed by atoms with Gasteiger partial charge < -0.3 is 39.8 Å². The third kappa shape index (κ3) is 8.69. The molecule has 2 aliphatic heterocycles. The molecule has 276 valence electrons. The van der Waals surface area contributed by atoms with Gasteiger partial charge in [0.05, 0.1) is 37.0 Å². The second-order valence-corrected chi connectivity index (χ2v) is 13.7. The minimum Gasteiger partial charge on any atom is -0.467 e. The van der Waals surface area contributed by atoms with Crippen molar-refractivity contribution in [3.8, 4) is 0 Å². The van der Waals surface area contributed by atoms with Crippen molar-refractivity contribution < 1.29 is 28.9 Å². The number of para-hydroxylation sites is 2. The Morgan fingerprint density at radius 1 is 0.906 bits per heavy atom. The number of carbonyl (C=O) groups excluding carboxylic acids is 2. The van der Waals surface area contributed by atoms with Crippen LogP contribution in [-0.2, 0) is 32.0 Å². The normalized spacial score (nSPS) is 20.2. The Bertz CT molecular complexity index is 2060. The summed E-state index contributed by atoms with van der Waals surface area (Å²) in [6.07, 6.45) is 1.45. The topological polar surface area (TPSA) is 147 Å². The second kappa shape index (κ2) is 16.6. The van der Waals surface area contributed by atoms with Crippen LogP contribution in [0.1, 0.15) is 60.0 Å². The number of aliphatic hydroxyl groups is 1. The van der Waals surface area contributed by atoms with Gasteiger partial charge >= 0.3 is 17.7 Å². The number of piperidine rings is 1. The lowest BCUT2D eigenvalue weighted by Gasteiger charge is -2.40. The molecule has 0 aliphatic carbocycles. The van der Waals surface area contributed by atoms with Gasteiger partial charge in [0.2, 0.25) is 0 Å². The molecule has 4 aromatic carbocycles. The molecule has 2 saturated heterocycles. The molecule has 53 heavy (non-hydrogen) atoms. The zero-order valence-corrected chi connectivity index (χ0v) is 29.6. The number of H-pyrrole nitrogens is 1. The number of anilines is 1. The van der Waals surface area contributed by atoms with Crippen molar-refractivity contribution in [2.24, 2.45) is 0 Å². The van der Waals surface area contributed by atoms with Crippen LogP contribution < -0.4 is 16.3 Å². The predicted molar refractivity (Wildman–Crippen MR) is 200 cm³/mol. The molecule has 2 amide bonds. The van der Waals surface area contributed by atoms with E-state index < -0.39 is 24.3 Å². The molecule has 0 saturated carbocycles. The number of amides is 2. The van der Waals surface area contributed by atoms with Crippen LogP contribution in [0.3, 0.4) is 0 Å². The van der Waals surface area contributed by atoms with Crippen LogP contribution in [0.15, 0.2) is 108 Å². The number of aromatic amines is 1. The summed E-state index contributed by atoms with van der Waals surface area (Å²) in [4.78, 5) is 43.9. The van der Waals surface area contributed by atoms with E-state index in [4.69, 9.17) is 14.2 Å². The summed E-state index contributed by atoms with van der Waals surface area (Å²) in [6.45, 7) is 2.30. The Morgan fingerprint density at radius 3 is 2.42 bits per heavy atom. The number of hydrogen-bond donors (Lipinski definition) is 4. The van der Waals surface area contributed by atoms with Gasteiger partial charge in [-0.2, -0.15) is 0 Å². The number of urea groups is 1. The summed E-state index contributed by atoms with van der Waals surface area (Å²) >= 11 is 0. The number of aromatic nitrogens is 2. The Hall–Kier alpha value is -5.27. The van der Waals surface area contributed by atoms with Crippen molar-refractivity contribution in [1.82, 2.24) is 19.8 Å².